The number of aromatic nitrogens is 1. The Hall–Kier alpha value is -4.01. The van der Waals surface area contributed by atoms with Crippen LogP contribution in [0.25, 0.3) is 21.9 Å². The third kappa shape index (κ3) is 4.86. The van der Waals surface area contributed by atoms with Crippen LogP contribution >= 0.6 is 0 Å². The minimum absolute atomic E-state index is 0.0539. The fourth-order valence-electron chi connectivity index (χ4n) is 5.26. The Bertz CT molecular complexity index is 1380. The lowest BCUT2D eigenvalue weighted by atomic mass is 9.88. The van der Waals surface area contributed by atoms with Gasteiger partial charge in [-0.3, -0.25) is 24.5 Å². The fourth-order valence-corrected chi connectivity index (χ4v) is 5.26. The molecule has 2 aromatic carbocycles. The average Bonchev–Trinajstić information content (AvgIpc) is 3.11. The lowest BCUT2D eigenvalue weighted by Crippen LogP contribution is -2.33. The zero-order valence-electron chi connectivity index (χ0n) is 20.5. The predicted molar refractivity (Wildman–Crippen MR) is 135 cm³/mol. The second-order valence-corrected chi connectivity index (χ2v) is 9.38. The molecule has 1 saturated carbocycles. The summed E-state index contributed by atoms with van der Waals surface area (Å²) in [6.45, 7) is 1.54. The van der Waals surface area contributed by atoms with E-state index in [1.54, 1.807) is 26.3 Å². The molecule has 0 saturated heterocycles. The monoisotopic (exact) mass is 491 g/mol. The van der Waals surface area contributed by atoms with E-state index in [1.165, 1.54) is 4.57 Å². The first kappa shape index (κ1) is 25.1. The van der Waals surface area contributed by atoms with Crippen molar-refractivity contribution in [2.24, 2.45) is 24.8 Å². The van der Waals surface area contributed by atoms with Gasteiger partial charge in [0, 0.05) is 58.7 Å². The predicted octanol–water partition coefficient (Wildman–Crippen LogP) is 3.34. The van der Waals surface area contributed by atoms with Gasteiger partial charge in [-0.05, 0) is 29.7 Å². The quantitative estimate of drug-likeness (QED) is 0.381. The molecule has 1 aliphatic carbocycles. The zero-order valence-corrected chi connectivity index (χ0v) is 20.5. The molecule has 1 heterocycles. The second-order valence-electron chi connectivity index (χ2n) is 9.38. The van der Waals surface area contributed by atoms with Crippen LogP contribution in [0.15, 0.2) is 53.3 Å². The summed E-state index contributed by atoms with van der Waals surface area (Å²) in [5, 5.41) is 15.2. The number of nitrogens with zero attached hydrogens (tertiary/aromatic N) is 2. The van der Waals surface area contributed by atoms with Gasteiger partial charge in [0.05, 0.1) is 13.7 Å². The maximum absolute atomic E-state index is 13.2. The highest BCUT2D eigenvalue weighted by Crippen LogP contribution is 2.37. The van der Waals surface area contributed by atoms with Crippen molar-refractivity contribution in [1.29, 1.82) is 0 Å². The number of amides is 1. The molecule has 1 aromatic heterocycles. The highest BCUT2D eigenvalue weighted by Gasteiger charge is 2.43. The van der Waals surface area contributed by atoms with Crippen molar-refractivity contribution >= 4 is 22.5 Å². The van der Waals surface area contributed by atoms with E-state index in [9.17, 15) is 24.5 Å². The number of hydrogen-bond donors (Lipinski definition) is 1. The summed E-state index contributed by atoms with van der Waals surface area (Å²) in [5.74, 6) is -1.16. The number of carbonyl (C=O) groups is 2. The van der Waals surface area contributed by atoms with Gasteiger partial charge in [0.25, 0.3) is 5.56 Å². The van der Waals surface area contributed by atoms with Crippen molar-refractivity contribution in [1.82, 2.24) is 9.88 Å². The lowest BCUT2D eigenvalue weighted by molar-refractivity contribution is -0.490. The van der Waals surface area contributed by atoms with Crippen LogP contribution in [0, 0.1) is 27.9 Å². The van der Waals surface area contributed by atoms with Crippen molar-refractivity contribution < 1.29 is 19.2 Å². The number of fused-ring (bicyclic) bond motifs is 1. The van der Waals surface area contributed by atoms with Crippen molar-refractivity contribution in [3.63, 3.8) is 0 Å². The van der Waals surface area contributed by atoms with E-state index in [4.69, 9.17) is 4.74 Å². The number of pyridine rings is 1. The van der Waals surface area contributed by atoms with Gasteiger partial charge in [0.15, 0.2) is 0 Å². The number of benzene rings is 2. The summed E-state index contributed by atoms with van der Waals surface area (Å²) in [6, 6.07) is 14.8. The first-order valence-electron chi connectivity index (χ1n) is 11.9. The van der Waals surface area contributed by atoms with Crippen LogP contribution in [0.3, 0.4) is 0 Å². The van der Waals surface area contributed by atoms with Crippen molar-refractivity contribution in [2.45, 2.75) is 26.3 Å². The molecular formula is C27H29N3O6. The molecule has 9 nitrogen and oxygen atoms in total. The fraction of sp³-hybridized carbons (Fsp3) is 0.370. The minimum Gasteiger partial charge on any atom is -0.497 e. The summed E-state index contributed by atoms with van der Waals surface area (Å²) in [6.07, 6.45) is 0.132. The van der Waals surface area contributed by atoms with E-state index < -0.39 is 16.8 Å². The molecule has 3 atom stereocenters. The second kappa shape index (κ2) is 10.3. The van der Waals surface area contributed by atoms with Gasteiger partial charge in [-0.2, -0.15) is 0 Å². The number of nitrogens with one attached hydrogen (secondary N) is 1. The molecule has 1 N–H and O–H groups in total. The van der Waals surface area contributed by atoms with E-state index in [0.29, 0.717) is 22.2 Å². The standard InChI is InChI=1S/C27H29N3O6/c1-16-11-24(31)20(22(16)15-30(34)35)13-25(32)28-14-23-26(17-7-5-4-6-8-17)21-12-18(36-3)9-10-19(21)27(33)29(23)2/h4-10,12,16,20,22H,11,13-15H2,1-3H3,(H,28,32)/t16-,20-,22+/m1/s1. The van der Waals surface area contributed by atoms with Crippen LogP contribution < -0.4 is 15.6 Å². The topological polar surface area (TPSA) is 121 Å². The zero-order chi connectivity index (χ0) is 26.0. The first-order chi connectivity index (χ1) is 17.2. The van der Waals surface area contributed by atoms with Gasteiger partial charge in [-0.15, -0.1) is 0 Å². The number of ketones is 1. The minimum atomic E-state index is -0.677. The van der Waals surface area contributed by atoms with E-state index in [2.05, 4.69) is 5.32 Å². The molecule has 0 aliphatic heterocycles. The van der Waals surface area contributed by atoms with Gasteiger partial charge < -0.3 is 14.6 Å². The Kier molecular flexibility index (Phi) is 7.19. The molecule has 0 radical (unpaired) electrons. The third-order valence-electron chi connectivity index (χ3n) is 7.19. The highest BCUT2D eigenvalue weighted by atomic mass is 16.6. The summed E-state index contributed by atoms with van der Waals surface area (Å²) in [4.78, 5) is 49.3. The number of Topliss-reactive ketones (excluding diaryl/α,β-unsaturated/α-hetero) is 1. The van der Waals surface area contributed by atoms with Crippen LogP contribution in [0.5, 0.6) is 5.75 Å². The summed E-state index contributed by atoms with van der Waals surface area (Å²) in [7, 11) is 3.22. The number of ether oxygens (including phenoxy) is 1. The van der Waals surface area contributed by atoms with Gasteiger partial charge >= 0.3 is 0 Å². The summed E-state index contributed by atoms with van der Waals surface area (Å²) in [5.41, 5.74) is 2.07. The van der Waals surface area contributed by atoms with Gasteiger partial charge in [0.1, 0.15) is 11.5 Å². The van der Waals surface area contributed by atoms with Crippen molar-refractivity contribution in [3.05, 3.63) is 74.7 Å². The Morgan fingerprint density at radius 1 is 1.17 bits per heavy atom. The van der Waals surface area contributed by atoms with E-state index in [1.807, 2.05) is 43.3 Å². The first-order valence-corrected chi connectivity index (χ1v) is 11.9. The largest absolute Gasteiger partial charge is 0.497 e. The smallest absolute Gasteiger partial charge is 0.258 e. The average molecular weight is 492 g/mol. The molecule has 1 aliphatic rings. The molecule has 0 unspecified atom stereocenters. The molecule has 188 valence electrons. The van der Waals surface area contributed by atoms with Crippen LogP contribution in [0.2, 0.25) is 0 Å². The normalized spacial score (nSPS) is 19.4. The number of rotatable bonds is 8. The van der Waals surface area contributed by atoms with Gasteiger partial charge in [-0.1, -0.05) is 37.3 Å². The Morgan fingerprint density at radius 2 is 1.89 bits per heavy atom. The van der Waals surface area contributed by atoms with E-state index >= 15 is 0 Å². The summed E-state index contributed by atoms with van der Waals surface area (Å²) >= 11 is 0. The molecule has 1 amide bonds. The molecular weight excluding hydrogens is 462 g/mol. The molecule has 1 fully saturated rings. The Morgan fingerprint density at radius 3 is 2.56 bits per heavy atom. The maximum Gasteiger partial charge on any atom is 0.258 e. The Balaban J connectivity index is 1.68. The molecule has 9 heteroatoms. The van der Waals surface area contributed by atoms with Gasteiger partial charge in [0.2, 0.25) is 12.5 Å². The number of hydrogen-bond acceptors (Lipinski definition) is 6. The molecule has 4 rings (SSSR count). The molecule has 0 spiro atoms. The molecule has 36 heavy (non-hydrogen) atoms. The molecule has 0 bridgehead atoms. The van der Waals surface area contributed by atoms with Crippen LogP contribution in [-0.2, 0) is 23.2 Å². The third-order valence-corrected chi connectivity index (χ3v) is 7.19. The number of carbonyl (C=O) groups excluding carboxylic acids is 2. The Labute approximate surface area is 208 Å². The number of nitro groups is 1. The highest BCUT2D eigenvalue weighted by molar-refractivity contribution is 5.98. The van der Waals surface area contributed by atoms with Crippen molar-refractivity contribution in [2.75, 3.05) is 13.7 Å². The van der Waals surface area contributed by atoms with Crippen LogP contribution in [-0.4, -0.2) is 34.8 Å². The maximum atomic E-state index is 13.2. The van der Waals surface area contributed by atoms with E-state index in [-0.39, 0.29) is 49.1 Å². The SMILES string of the molecule is COc1ccc2c(=O)n(C)c(CNC(=O)C[C@H]3C(=O)C[C@@H](C)[C@@H]3C[N+](=O)[O-])c(-c3ccccc3)c2c1. The van der Waals surface area contributed by atoms with Gasteiger partial charge in [-0.25, -0.2) is 0 Å². The van der Waals surface area contributed by atoms with Crippen LogP contribution in [0.1, 0.15) is 25.5 Å². The lowest BCUT2D eigenvalue weighted by Gasteiger charge is -2.20. The van der Waals surface area contributed by atoms with Crippen LogP contribution in [0.4, 0.5) is 0 Å². The molecule has 3 aromatic rings. The van der Waals surface area contributed by atoms with E-state index in [0.717, 1.165) is 11.1 Å². The summed E-state index contributed by atoms with van der Waals surface area (Å²) < 4.78 is 6.92. The number of methoxy groups -OCH3 is 1. The van der Waals surface area contributed by atoms with Crippen molar-refractivity contribution in [3.8, 4) is 16.9 Å².